The molecule has 0 saturated carbocycles. The smallest absolute Gasteiger partial charge is 0.222 e. The Balaban J connectivity index is 2.11. The summed E-state index contributed by atoms with van der Waals surface area (Å²) in [6.45, 7) is 4.40. The minimum Gasteiger partial charge on any atom is -0.385 e. The molecule has 2 aromatic heterocycles. The Hall–Kier alpha value is -2.21. The second-order valence-electron chi connectivity index (χ2n) is 5.25. The molecule has 22 heavy (non-hydrogen) atoms. The minimum absolute atomic E-state index is 0.243. The van der Waals surface area contributed by atoms with Gasteiger partial charge in [-0.05, 0) is 31.9 Å². The van der Waals surface area contributed by atoms with E-state index >= 15 is 0 Å². The molecule has 0 aliphatic carbocycles. The lowest BCUT2D eigenvalue weighted by atomic mass is 10.1. The molecule has 0 saturated heterocycles. The van der Waals surface area contributed by atoms with E-state index in [-0.39, 0.29) is 5.95 Å². The van der Waals surface area contributed by atoms with Crippen LogP contribution in [0.4, 0.5) is 11.8 Å². The van der Waals surface area contributed by atoms with Crippen molar-refractivity contribution in [1.29, 1.82) is 0 Å². The summed E-state index contributed by atoms with van der Waals surface area (Å²) >= 11 is 0. The van der Waals surface area contributed by atoms with Gasteiger partial charge >= 0.3 is 0 Å². The Kier molecular flexibility index (Phi) is 5.66. The average molecular weight is 301 g/mol. The molecule has 0 fully saturated rings. The molecule has 0 radical (unpaired) electrons. The summed E-state index contributed by atoms with van der Waals surface area (Å²) in [5.41, 5.74) is 8.31. The van der Waals surface area contributed by atoms with E-state index in [4.69, 9.17) is 5.73 Å². The van der Waals surface area contributed by atoms with E-state index in [2.05, 4.69) is 27.2 Å². The highest BCUT2D eigenvalue weighted by Crippen LogP contribution is 2.21. The number of nitrogens with two attached hydrogens (primary N) is 1. The highest BCUT2D eigenvalue weighted by atomic mass is 16.3. The summed E-state index contributed by atoms with van der Waals surface area (Å²) in [7, 11) is 0. The Labute approximate surface area is 130 Å². The van der Waals surface area contributed by atoms with Crippen LogP contribution in [0.15, 0.2) is 24.4 Å². The van der Waals surface area contributed by atoms with Crippen molar-refractivity contribution >= 4 is 11.8 Å². The van der Waals surface area contributed by atoms with Gasteiger partial charge in [-0.3, -0.25) is 4.98 Å². The number of aromatic nitrogens is 3. The maximum absolute atomic E-state index is 10.2. The summed E-state index contributed by atoms with van der Waals surface area (Å²) in [5, 5.41) is 13.4. The number of rotatable bonds is 7. The van der Waals surface area contributed by atoms with Crippen LogP contribution in [-0.4, -0.2) is 26.6 Å². The van der Waals surface area contributed by atoms with Gasteiger partial charge in [0.15, 0.2) is 0 Å². The van der Waals surface area contributed by atoms with Gasteiger partial charge in [-0.25, -0.2) is 4.98 Å². The second-order valence-corrected chi connectivity index (χ2v) is 5.25. The van der Waals surface area contributed by atoms with Crippen molar-refractivity contribution in [2.75, 3.05) is 17.6 Å². The molecule has 2 heterocycles. The van der Waals surface area contributed by atoms with Crippen LogP contribution >= 0.6 is 0 Å². The third-order valence-electron chi connectivity index (χ3n) is 3.50. The zero-order chi connectivity index (χ0) is 15.9. The van der Waals surface area contributed by atoms with Crippen molar-refractivity contribution in [2.24, 2.45) is 0 Å². The molecule has 2 rings (SSSR count). The van der Waals surface area contributed by atoms with Gasteiger partial charge in [-0.15, -0.1) is 0 Å². The van der Waals surface area contributed by atoms with Crippen molar-refractivity contribution in [3.8, 4) is 0 Å². The average Bonchev–Trinajstić information content (AvgIpc) is 2.52. The molecule has 1 atom stereocenters. The van der Waals surface area contributed by atoms with Crippen LogP contribution in [0.2, 0.25) is 0 Å². The highest BCUT2D eigenvalue weighted by molar-refractivity contribution is 5.49. The molecule has 0 amide bonds. The summed E-state index contributed by atoms with van der Waals surface area (Å²) in [6, 6.07) is 5.47. The quantitative estimate of drug-likeness (QED) is 0.725. The summed E-state index contributed by atoms with van der Waals surface area (Å²) in [6.07, 6.45) is 4.02. The molecule has 0 bridgehead atoms. The number of nitrogens with one attached hydrogen (secondary N) is 1. The summed E-state index contributed by atoms with van der Waals surface area (Å²) in [4.78, 5) is 12.7. The number of nitrogens with zero attached hydrogens (tertiary/aromatic N) is 3. The molecular weight excluding hydrogens is 278 g/mol. The molecule has 0 aromatic carbocycles. The van der Waals surface area contributed by atoms with Crippen LogP contribution in [0.25, 0.3) is 0 Å². The molecule has 0 aliphatic rings. The van der Waals surface area contributed by atoms with Crippen LogP contribution < -0.4 is 11.1 Å². The number of aliphatic hydroxyl groups is 1. The third-order valence-corrected chi connectivity index (χ3v) is 3.50. The lowest BCUT2D eigenvalue weighted by molar-refractivity contribution is 0.186. The maximum atomic E-state index is 10.2. The molecule has 6 nitrogen and oxygen atoms in total. The zero-order valence-electron chi connectivity index (χ0n) is 13.1. The van der Waals surface area contributed by atoms with Crippen molar-refractivity contribution < 1.29 is 5.11 Å². The Morgan fingerprint density at radius 3 is 2.82 bits per heavy atom. The maximum Gasteiger partial charge on any atom is 0.222 e. The van der Waals surface area contributed by atoms with Gasteiger partial charge in [0.1, 0.15) is 11.9 Å². The van der Waals surface area contributed by atoms with Gasteiger partial charge in [0.25, 0.3) is 0 Å². The highest BCUT2D eigenvalue weighted by Gasteiger charge is 2.13. The van der Waals surface area contributed by atoms with E-state index in [9.17, 15) is 5.11 Å². The van der Waals surface area contributed by atoms with Crippen molar-refractivity contribution in [1.82, 2.24) is 15.0 Å². The topological polar surface area (TPSA) is 97.0 Å². The van der Waals surface area contributed by atoms with E-state index in [0.29, 0.717) is 18.1 Å². The molecule has 2 aromatic rings. The van der Waals surface area contributed by atoms with Gasteiger partial charge in [-0.1, -0.05) is 19.4 Å². The van der Waals surface area contributed by atoms with E-state index in [1.807, 2.05) is 19.1 Å². The first-order chi connectivity index (χ1) is 10.6. The fourth-order valence-corrected chi connectivity index (χ4v) is 2.29. The van der Waals surface area contributed by atoms with Gasteiger partial charge in [0.2, 0.25) is 5.95 Å². The van der Waals surface area contributed by atoms with Crippen LogP contribution in [0.3, 0.4) is 0 Å². The number of aliphatic hydroxyl groups excluding tert-OH is 1. The summed E-state index contributed by atoms with van der Waals surface area (Å²) < 4.78 is 0. The molecule has 0 unspecified atom stereocenters. The van der Waals surface area contributed by atoms with E-state index in [0.717, 1.165) is 30.5 Å². The Morgan fingerprint density at radius 2 is 2.14 bits per heavy atom. The number of hydrogen-bond acceptors (Lipinski definition) is 6. The molecule has 0 spiro atoms. The normalized spacial score (nSPS) is 12.1. The molecular formula is C16H23N5O. The van der Waals surface area contributed by atoms with Crippen molar-refractivity contribution in [3.05, 3.63) is 41.3 Å². The van der Waals surface area contributed by atoms with Crippen LogP contribution in [0.5, 0.6) is 0 Å². The van der Waals surface area contributed by atoms with Crippen molar-refractivity contribution in [3.63, 3.8) is 0 Å². The van der Waals surface area contributed by atoms with Crippen LogP contribution in [0, 0.1) is 6.92 Å². The second kappa shape index (κ2) is 7.70. The standard InChI is InChI=1S/C16H23N5O/c1-3-4-7-12-11(2)20-16(17)21-15(12)19-10-14(22)13-8-5-6-9-18-13/h5-6,8-9,14,22H,3-4,7,10H2,1-2H3,(H3,17,19,20,21)/t14-/m1/s1. The number of nitrogen functional groups attached to an aromatic ring is 1. The fraction of sp³-hybridized carbons (Fsp3) is 0.438. The van der Waals surface area contributed by atoms with Gasteiger partial charge in [0.05, 0.1) is 5.69 Å². The van der Waals surface area contributed by atoms with Gasteiger partial charge in [-0.2, -0.15) is 4.98 Å². The van der Waals surface area contributed by atoms with Crippen LogP contribution in [0.1, 0.15) is 42.8 Å². The largest absolute Gasteiger partial charge is 0.385 e. The SMILES string of the molecule is CCCCc1c(C)nc(N)nc1NC[C@@H](O)c1ccccn1. The third kappa shape index (κ3) is 4.14. The van der Waals surface area contributed by atoms with Crippen LogP contribution in [-0.2, 0) is 6.42 Å². The first-order valence-electron chi connectivity index (χ1n) is 7.57. The number of unbranched alkanes of at least 4 members (excludes halogenated alkanes) is 1. The first-order valence-corrected chi connectivity index (χ1v) is 7.57. The molecule has 0 aliphatic heterocycles. The fourth-order valence-electron chi connectivity index (χ4n) is 2.29. The first kappa shape index (κ1) is 16.2. The monoisotopic (exact) mass is 301 g/mol. The lowest BCUT2D eigenvalue weighted by Crippen LogP contribution is -2.17. The minimum atomic E-state index is -0.697. The van der Waals surface area contributed by atoms with E-state index in [1.54, 1.807) is 12.3 Å². The lowest BCUT2D eigenvalue weighted by Gasteiger charge is -2.16. The van der Waals surface area contributed by atoms with Crippen molar-refractivity contribution in [2.45, 2.75) is 39.2 Å². The number of anilines is 2. The zero-order valence-corrected chi connectivity index (χ0v) is 13.1. The summed E-state index contributed by atoms with van der Waals surface area (Å²) in [5.74, 6) is 0.945. The molecule has 4 N–H and O–H groups in total. The Bertz CT molecular complexity index is 603. The molecule has 6 heteroatoms. The van der Waals surface area contributed by atoms with E-state index < -0.39 is 6.10 Å². The van der Waals surface area contributed by atoms with Gasteiger partial charge in [0, 0.05) is 24.0 Å². The van der Waals surface area contributed by atoms with E-state index in [1.165, 1.54) is 0 Å². The number of aryl methyl sites for hydroxylation is 1. The number of pyridine rings is 1. The van der Waals surface area contributed by atoms with Gasteiger partial charge < -0.3 is 16.2 Å². The molecule has 118 valence electrons. The Morgan fingerprint density at radius 1 is 1.32 bits per heavy atom. The predicted molar refractivity (Wildman–Crippen MR) is 87.5 cm³/mol. The number of hydrogen-bond donors (Lipinski definition) is 3. The predicted octanol–water partition coefficient (Wildman–Crippen LogP) is 2.25.